The van der Waals surface area contributed by atoms with E-state index in [0.717, 1.165) is 17.9 Å². The predicted molar refractivity (Wildman–Crippen MR) is 77.0 cm³/mol. The summed E-state index contributed by atoms with van der Waals surface area (Å²) in [4.78, 5) is 21.9. The van der Waals surface area contributed by atoms with Crippen LogP contribution in [-0.2, 0) is 0 Å². The van der Waals surface area contributed by atoms with Gasteiger partial charge in [0.2, 0.25) is 0 Å². The van der Waals surface area contributed by atoms with Crippen molar-refractivity contribution in [1.82, 2.24) is 4.90 Å². The van der Waals surface area contributed by atoms with E-state index < -0.39 is 0 Å². The number of benzene rings is 1. The number of hydrogen-bond acceptors (Lipinski definition) is 4. The standard InChI is InChI=1S/C14H18N4O/c1-9-8-13(17-14(15)18(9)3)16-12-6-4-11(5-7-12)10(2)19/h4-7,9H,8H2,1-3H3,(H2,15,16,17). The molecule has 5 heteroatoms. The fraction of sp³-hybridized carbons (Fsp3) is 0.357. The second-order valence-corrected chi connectivity index (χ2v) is 4.77. The molecule has 0 aromatic heterocycles. The Bertz CT molecular complexity index is 545. The van der Waals surface area contributed by atoms with Crippen LogP contribution in [0.2, 0.25) is 0 Å². The summed E-state index contributed by atoms with van der Waals surface area (Å²) in [5.74, 6) is 1.26. The van der Waals surface area contributed by atoms with Crippen molar-refractivity contribution in [2.75, 3.05) is 7.05 Å². The first-order valence-electron chi connectivity index (χ1n) is 6.23. The Morgan fingerprint density at radius 3 is 2.58 bits per heavy atom. The summed E-state index contributed by atoms with van der Waals surface area (Å²) in [7, 11) is 1.92. The average molecular weight is 258 g/mol. The van der Waals surface area contributed by atoms with Crippen LogP contribution in [0.4, 0.5) is 5.69 Å². The number of carbonyl (C=O) groups excluding carboxylic acids is 1. The number of rotatable bonds is 2. The van der Waals surface area contributed by atoms with Crippen LogP contribution in [0, 0.1) is 0 Å². The molecule has 0 saturated carbocycles. The monoisotopic (exact) mass is 258 g/mol. The first kappa shape index (κ1) is 13.3. The summed E-state index contributed by atoms with van der Waals surface area (Å²) < 4.78 is 0. The second kappa shape index (κ2) is 5.22. The number of nitrogens with zero attached hydrogens (tertiary/aromatic N) is 3. The normalized spacial score (nSPS) is 21.4. The van der Waals surface area contributed by atoms with Crippen molar-refractivity contribution in [3.05, 3.63) is 29.8 Å². The zero-order valence-electron chi connectivity index (χ0n) is 11.4. The van der Waals surface area contributed by atoms with Crippen molar-refractivity contribution in [1.29, 1.82) is 0 Å². The van der Waals surface area contributed by atoms with E-state index in [4.69, 9.17) is 5.73 Å². The molecule has 1 aromatic rings. The van der Waals surface area contributed by atoms with Crippen molar-refractivity contribution in [2.24, 2.45) is 15.7 Å². The van der Waals surface area contributed by atoms with Gasteiger partial charge in [0.1, 0.15) is 5.84 Å². The van der Waals surface area contributed by atoms with Gasteiger partial charge in [-0.05, 0) is 38.1 Å². The van der Waals surface area contributed by atoms with Crippen LogP contribution < -0.4 is 5.73 Å². The first-order valence-corrected chi connectivity index (χ1v) is 6.23. The molecule has 5 nitrogen and oxygen atoms in total. The molecule has 0 fully saturated rings. The zero-order valence-corrected chi connectivity index (χ0v) is 11.4. The number of amidine groups is 1. The lowest BCUT2D eigenvalue weighted by Gasteiger charge is -2.29. The third kappa shape index (κ3) is 2.99. The summed E-state index contributed by atoms with van der Waals surface area (Å²) in [6.45, 7) is 3.63. The first-order chi connectivity index (χ1) is 8.97. The zero-order chi connectivity index (χ0) is 14.0. The molecule has 1 heterocycles. The Labute approximate surface area is 112 Å². The van der Waals surface area contributed by atoms with E-state index in [1.807, 2.05) is 24.1 Å². The van der Waals surface area contributed by atoms with Gasteiger partial charge in [-0.3, -0.25) is 4.79 Å². The third-order valence-corrected chi connectivity index (χ3v) is 3.28. The van der Waals surface area contributed by atoms with Crippen molar-refractivity contribution in [2.45, 2.75) is 26.3 Å². The van der Waals surface area contributed by atoms with Gasteiger partial charge in [-0.2, -0.15) is 4.99 Å². The Kier molecular flexibility index (Phi) is 3.64. The molecule has 0 bridgehead atoms. The van der Waals surface area contributed by atoms with Crippen LogP contribution in [-0.4, -0.2) is 35.6 Å². The van der Waals surface area contributed by atoms with Crippen molar-refractivity contribution < 1.29 is 4.79 Å². The molecule has 1 atom stereocenters. The highest BCUT2D eigenvalue weighted by Gasteiger charge is 2.19. The average Bonchev–Trinajstić information content (AvgIpc) is 2.36. The minimum atomic E-state index is 0.0504. The molecular formula is C14H18N4O. The van der Waals surface area contributed by atoms with Crippen LogP contribution in [0.25, 0.3) is 0 Å². The van der Waals surface area contributed by atoms with Crippen molar-refractivity contribution >= 4 is 23.3 Å². The highest BCUT2D eigenvalue weighted by molar-refractivity contribution is 5.99. The van der Waals surface area contributed by atoms with Crippen LogP contribution in [0.5, 0.6) is 0 Å². The van der Waals surface area contributed by atoms with E-state index in [2.05, 4.69) is 16.9 Å². The van der Waals surface area contributed by atoms with Gasteiger partial charge in [-0.25, -0.2) is 4.99 Å². The molecule has 1 unspecified atom stereocenters. The molecule has 1 aliphatic heterocycles. The summed E-state index contributed by atoms with van der Waals surface area (Å²) in [5.41, 5.74) is 7.30. The quantitative estimate of drug-likeness (QED) is 0.824. The molecule has 1 aliphatic rings. The number of hydrogen-bond donors (Lipinski definition) is 1. The SMILES string of the molecule is CC(=O)c1ccc(N=C2CC(C)N(C)C(N)=N2)cc1. The molecule has 2 N–H and O–H groups in total. The fourth-order valence-corrected chi connectivity index (χ4v) is 1.87. The van der Waals surface area contributed by atoms with Gasteiger partial charge in [-0.15, -0.1) is 0 Å². The number of Topliss-reactive ketones (excluding diaryl/α,β-unsaturated/α-hetero) is 1. The van der Waals surface area contributed by atoms with E-state index in [0.29, 0.717) is 11.5 Å². The van der Waals surface area contributed by atoms with Gasteiger partial charge in [0.05, 0.1) is 5.69 Å². The van der Waals surface area contributed by atoms with Gasteiger partial charge < -0.3 is 10.6 Å². The lowest BCUT2D eigenvalue weighted by atomic mass is 10.1. The van der Waals surface area contributed by atoms with Crippen molar-refractivity contribution in [3.8, 4) is 0 Å². The lowest BCUT2D eigenvalue weighted by molar-refractivity contribution is 0.101. The number of guanidine groups is 1. The maximum absolute atomic E-state index is 11.2. The summed E-state index contributed by atoms with van der Waals surface area (Å²) in [6.07, 6.45) is 0.756. The minimum Gasteiger partial charge on any atom is -0.369 e. The Morgan fingerprint density at radius 2 is 2.05 bits per heavy atom. The molecule has 0 spiro atoms. The highest BCUT2D eigenvalue weighted by Crippen LogP contribution is 2.17. The smallest absolute Gasteiger partial charge is 0.197 e. The molecule has 0 saturated heterocycles. The summed E-state index contributed by atoms with van der Waals surface area (Å²) in [6, 6.07) is 7.46. The Morgan fingerprint density at radius 1 is 1.42 bits per heavy atom. The van der Waals surface area contributed by atoms with E-state index in [1.54, 1.807) is 19.1 Å². The van der Waals surface area contributed by atoms with E-state index in [1.165, 1.54) is 0 Å². The van der Waals surface area contributed by atoms with Gasteiger partial charge in [0, 0.05) is 25.1 Å². The highest BCUT2D eigenvalue weighted by atomic mass is 16.1. The maximum Gasteiger partial charge on any atom is 0.197 e. The summed E-state index contributed by atoms with van der Waals surface area (Å²) in [5, 5.41) is 0. The minimum absolute atomic E-state index is 0.0504. The Hall–Kier alpha value is -2.17. The number of ketones is 1. The fourth-order valence-electron chi connectivity index (χ4n) is 1.87. The maximum atomic E-state index is 11.2. The van der Waals surface area contributed by atoms with Crippen LogP contribution in [0.3, 0.4) is 0 Å². The Balaban J connectivity index is 2.24. The number of aliphatic imine (C=N–C) groups is 2. The molecule has 19 heavy (non-hydrogen) atoms. The van der Waals surface area contributed by atoms with Crippen LogP contribution in [0.1, 0.15) is 30.6 Å². The topological polar surface area (TPSA) is 71.0 Å². The second-order valence-electron chi connectivity index (χ2n) is 4.77. The lowest BCUT2D eigenvalue weighted by Crippen LogP contribution is -2.45. The predicted octanol–water partition coefficient (Wildman–Crippen LogP) is 1.96. The van der Waals surface area contributed by atoms with E-state index in [9.17, 15) is 4.79 Å². The van der Waals surface area contributed by atoms with Crippen LogP contribution in [0.15, 0.2) is 34.3 Å². The van der Waals surface area contributed by atoms with Gasteiger partial charge in [0.15, 0.2) is 11.7 Å². The summed E-state index contributed by atoms with van der Waals surface area (Å²) >= 11 is 0. The van der Waals surface area contributed by atoms with Gasteiger partial charge in [0.25, 0.3) is 0 Å². The molecule has 1 aromatic carbocycles. The molecule has 0 aliphatic carbocycles. The van der Waals surface area contributed by atoms with Crippen LogP contribution >= 0.6 is 0 Å². The van der Waals surface area contributed by atoms with E-state index >= 15 is 0 Å². The van der Waals surface area contributed by atoms with E-state index in [-0.39, 0.29) is 11.8 Å². The molecular weight excluding hydrogens is 240 g/mol. The van der Waals surface area contributed by atoms with Crippen molar-refractivity contribution in [3.63, 3.8) is 0 Å². The number of nitrogens with two attached hydrogens (primary N) is 1. The molecule has 0 amide bonds. The molecule has 0 radical (unpaired) electrons. The molecule has 100 valence electrons. The third-order valence-electron chi connectivity index (χ3n) is 3.28. The largest absolute Gasteiger partial charge is 0.369 e. The number of carbonyl (C=O) groups is 1. The molecule has 2 rings (SSSR count). The van der Waals surface area contributed by atoms with Gasteiger partial charge >= 0.3 is 0 Å². The van der Waals surface area contributed by atoms with Gasteiger partial charge in [-0.1, -0.05) is 0 Å².